The zero-order valence-electron chi connectivity index (χ0n) is 11.5. The Morgan fingerprint density at radius 3 is 2.70 bits per heavy atom. The van der Waals surface area contributed by atoms with Crippen LogP contribution in [0, 0.1) is 13.8 Å². The maximum atomic E-state index is 11.2. The molecule has 0 radical (unpaired) electrons. The smallest absolute Gasteiger partial charge is 0.287 e. The Morgan fingerprint density at radius 1 is 1.35 bits per heavy atom. The average molecular weight is 275 g/mol. The van der Waals surface area contributed by atoms with E-state index in [2.05, 4.69) is 16.4 Å². The minimum absolute atomic E-state index is 0.180. The Hall–Kier alpha value is -2.41. The van der Waals surface area contributed by atoms with Crippen molar-refractivity contribution in [1.82, 2.24) is 20.4 Å². The van der Waals surface area contributed by atoms with Crippen molar-refractivity contribution in [2.45, 2.75) is 20.4 Å². The van der Waals surface area contributed by atoms with Gasteiger partial charge in [-0.3, -0.25) is 10.2 Å². The molecule has 0 saturated carbocycles. The van der Waals surface area contributed by atoms with Gasteiger partial charge in [-0.1, -0.05) is 11.3 Å². The van der Waals surface area contributed by atoms with Gasteiger partial charge in [0.2, 0.25) is 0 Å². The summed E-state index contributed by atoms with van der Waals surface area (Å²) in [5, 5.41) is 7.53. The van der Waals surface area contributed by atoms with Crippen LogP contribution in [0.15, 0.2) is 24.4 Å². The van der Waals surface area contributed by atoms with Crippen LogP contribution in [-0.4, -0.2) is 27.5 Å². The summed E-state index contributed by atoms with van der Waals surface area (Å²) in [4.78, 5) is 11.2. The number of nitrogen functional groups attached to an aromatic ring is 1. The SMILES string of the molecule is Cc1cc(C)cc(OCCn2cc(C(=O)NN)nn2)c1. The number of nitrogens with two attached hydrogens (primary N) is 1. The highest BCUT2D eigenvalue weighted by Crippen LogP contribution is 2.16. The van der Waals surface area contributed by atoms with Crippen molar-refractivity contribution in [3.8, 4) is 5.75 Å². The number of carbonyl (C=O) groups is 1. The number of hydrazine groups is 1. The zero-order valence-corrected chi connectivity index (χ0v) is 11.5. The first-order chi connectivity index (χ1) is 9.58. The van der Waals surface area contributed by atoms with Crippen LogP contribution in [-0.2, 0) is 6.54 Å². The Bertz CT molecular complexity index is 588. The van der Waals surface area contributed by atoms with E-state index in [9.17, 15) is 4.79 Å². The molecule has 1 aromatic heterocycles. The van der Waals surface area contributed by atoms with E-state index in [-0.39, 0.29) is 5.69 Å². The van der Waals surface area contributed by atoms with Gasteiger partial charge >= 0.3 is 0 Å². The van der Waals surface area contributed by atoms with Crippen molar-refractivity contribution in [2.75, 3.05) is 6.61 Å². The number of hydrogen-bond donors (Lipinski definition) is 2. The summed E-state index contributed by atoms with van der Waals surface area (Å²) in [6, 6.07) is 6.03. The van der Waals surface area contributed by atoms with E-state index in [4.69, 9.17) is 10.6 Å². The van der Waals surface area contributed by atoms with Gasteiger partial charge in [0.05, 0.1) is 12.7 Å². The molecule has 1 amide bonds. The third-order valence-electron chi connectivity index (χ3n) is 2.69. The molecule has 0 saturated heterocycles. The zero-order chi connectivity index (χ0) is 14.5. The molecular weight excluding hydrogens is 258 g/mol. The normalized spacial score (nSPS) is 10.3. The molecule has 1 heterocycles. The molecule has 0 fully saturated rings. The molecule has 2 aromatic rings. The minimum atomic E-state index is -0.466. The summed E-state index contributed by atoms with van der Waals surface area (Å²) in [7, 11) is 0. The second kappa shape index (κ2) is 6.16. The van der Waals surface area contributed by atoms with Gasteiger partial charge in [-0.25, -0.2) is 10.5 Å². The third kappa shape index (κ3) is 3.55. The summed E-state index contributed by atoms with van der Waals surface area (Å²) in [6.07, 6.45) is 1.52. The molecule has 0 bridgehead atoms. The first-order valence-corrected chi connectivity index (χ1v) is 6.20. The number of rotatable bonds is 5. The summed E-state index contributed by atoms with van der Waals surface area (Å²) >= 11 is 0. The van der Waals surface area contributed by atoms with Gasteiger partial charge in [0.1, 0.15) is 12.4 Å². The summed E-state index contributed by atoms with van der Waals surface area (Å²) in [5.74, 6) is 5.37. The number of nitrogens with zero attached hydrogens (tertiary/aromatic N) is 3. The fraction of sp³-hybridized carbons (Fsp3) is 0.308. The van der Waals surface area contributed by atoms with Crippen LogP contribution < -0.4 is 16.0 Å². The Balaban J connectivity index is 1.89. The summed E-state index contributed by atoms with van der Waals surface area (Å²) in [5.41, 5.74) is 4.49. The fourth-order valence-electron chi connectivity index (χ4n) is 1.86. The van der Waals surface area contributed by atoms with Crippen molar-refractivity contribution < 1.29 is 9.53 Å². The summed E-state index contributed by atoms with van der Waals surface area (Å²) < 4.78 is 7.19. The van der Waals surface area contributed by atoms with Crippen LogP contribution in [0.2, 0.25) is 0 Å². The number of aryl methyl sites for hydroxylation is 2. The number of aromatic nitrogens is 3. The van der Waals surface area contributed by atoms with Crippen molar-refractivity contribution in [3.63, 3.8) is 0 Å². The first kappa shape index (κ1) is 14.0. The van der Waals surface area contributed by atoms with Crippen LogP contribution in [0.5, 0.6) is 5.75 Å². The standard InChI is InChI=1S/C13H17N5O2/c1-9-5-10(2)7-11(6-9)20-4-3-18-8-12(16-17-18)13(19)15-14/h5-8H,3-4,14H2,1-2H3,(H,15,19). The quantitative estimate of drug-likeness (QED) is 0.473. The topological polar surface area (TPSA) is 95.1 Å². The molecule has 7 heteroatoms. The summed E-state index contributed by atoms with van der Waals surface area (Å²) in [6.45, 7) is 4.98. The molecule has 0 aliphatic rings. The van der Waals surface area contributed by atoms with Crippen molar-refractivity contribution in [3.05, 3.63) is 41.2 Å². The molecule has 0 aliphatic heterocycles. The number of benzene rings is 1. The van der Waals surface area contributed by atoms with E-state index >= 15 is 0 Å². The van der Waals surface area contributed by atoms with E-state index < -0.39 is 5.91 Å². The van der Waals surface area contributed by atoms with Crippen molar-refractivity contribution >= 4 is 5.91 Å². The second-order valence-electron chi connectivity index (χ2n) is 4.51. The van der Waals surface area contributed by atoms with Crippen LogP contribution in [0.25, 0.3) is 0 Å². The first-order valence-electron chi connectivity index (χ1n) is 6.20. The van der Waals surface area contributed by atoms with E-state index in [1.807, 2.05) is 31.4 Å². The van der Waals surface area contributed by atoms with Crippen LogP contribution in [0.1, 0.15) is 21.6 Å². The third-order valence-corrected chi connectivity index (χ3v) is 2.69. The highest BCUT2D eigenvalue weighted by Gasteiger charge is 2.08. The predicted molar refractivity (Wildman–Crippen MR) is 73.1 cm³/mol. The molecule has 3 N–H and O–H groups in total. The highest BCUT2D eigenvalue weighted by molar-refractivity contribution is 5.91. The Labute approximate surface area is 116 Å². The number of carbonyl (C=O) groups excluding carboxylic acids is 1. The molecule has 0 spiro atoms. The molecule has 20 heavy (non-hydrogen) atoms. The number of ether oxygens (including phenoxy) is 1. The van der Waals surface area contributed by atoms with Crippen LogP contribution >= 0.6 is 0 Å². The maximum absolute atomic E-state index is 11.2. The lowest BCUT2D eigenvalue weighted by Crippen LogP contribution is -2.30. The minimum Gasteiger partial charge on any atom is -0.492 e. The predicted octanol–water partition coefficient (Wildman–Crippen LogP) is 0.577. The molecule has 0 atom stereocenters. The van der Waals surface area contributed by atoms with Gasteiger partial charge in [-0.2, -0.15) is 0 Å². The molecule has 0 aliphatic carbocycles. The highest BCUT2D eigenvalue weighted by atomic mass is 16.5. The van der Waals surface area contributed by atoms with Gasteiger partial charge in [-0.15, -0.1) is 5.10 Å². The van der Waals surface area contributed by atoms with E-state index in [0.29, 0.717) is 13.2 Å². The molecular formula is C13H17N5O2. The largest absolute Gasteiger partial charge is 0.492 e. The number of amides is 1. The van der Waals surface area contributed by atoms with Crippen molar-refractivity contribution in [2.24, 2.45) is 5.84 Å². The van der Waals surface area contributed by atoms with Gasteiger partial charge < -0.3 is 4.74 Å². The molecule has 7 nitrogen and oxygen atoms in total. The monoisotopic (exact) mass is 275 g/mol. The maximum Gasteiger partial charge on any atom is 0.287 e. The second-order valence-corrected chi connectivity index (χ2v) is 4.51. The molecule has 2 rings (SSSR count). The molecule has 0 unspecified atom stereocenters. The lowest BCUT2D eigenvalue weighted by molar-refractivity contribution is 0.0948. The molecule has 1 aromatic carbocycles. The van der Waals surface area contributed by atoms with E-state index in [1.54, 1.807) is 0 Å². The van der Waals surface area contributed by atoms with Crippen molar-refractivity contribution in [1.29, 1.82) is 0 Å². The van der Waals surface area contributed by atoms with Gasteiger partial charge in [0, 0.05) is 0 Å². The van der Waals surface area contributed by atoms with E-state index in [0.717, 1.165) is 16.9 Å². The number of hydrogen-bond acceptors (Lipinski definition) is 5. The average Bonchev–Trinajstić information content (AvgIpc) is 2.85. The lowest BCUT2D eigenvalue weighted by Gasteiger charge is -2.07. The fourth-order valence-corrected chi connectivity index (χ4v) is 1.86. The molecule has 106 valence electrons. The Kier molecular flexibility index (Phi) is 4.31. The van der Waals surface area contributed by atoms with E-state index in [1.165, 1.54) is 10.9 Å². The van der Waals surface area contributed by atoms with Gasteiger partial charge in [0.25, 0.3) is 5.91 Å². The van der Waals surface area contributed by atoms with Gasteiger partial charge in [0.15, 0.2) is 5.69 Å². The van der Waals surface area contributed by atoms with Crippen LogP contribution in [0.3, 0.4) is 0 Å². The van der Waals surface area contributed by atoms with Gasteiger partial charge in [-0.05, 0) is 37.1 Å². The van der Waals surface area contributed by atoms with Crippen LogP contribution in [0.4, 0.5) is 0 Å². The lowest BCUT2D eigenvalue weighted by atomic mass is 10.1. The Morgan fingerprint density at radius 2 is 2.05 bits per heavy atom. The number of nitrogens with one attached hydrogen (secondary N) is 1.